The zero-order valence-corrected chi connectivity index (χ0v) is 19.3. The van der Waals surface area contributed by atoms with Crippen LogP contribution < -0.4 is 14.8 Å². The molecular formula is C23H38N6O2. The smallest absolute Gasteiger partial charge is 0.194 e. The highest BCUT2D eigenvalue weighted by atomic mass is 16.5. The predicted octanol–water partition coefficient (Wildman–Crippen LogP) is 0.787. The van der Waals surface area contributed by atoms with Gasteiger partial charge in [0.1, 0.15) is 11.5 Å². The molecule has 8 heteroatoms. The average Bonchev–Trinajstić information content (AvgIpc) is 2.83. The molecule has 1 aromatic rings. The Morgan fingerprint density at radius 2 is 1.81 bits per heavy atom. The molecule has 8 nitrogen and oxygen atoms in total. The van der Waals surface area contributed by atoms with Crippen LogP contribution in [-0.4, -0.2) is 118 Å². The molecule has 4 aliphatic rings. The molecule has 1 aromatic carbocycles. The Morgan fingerprint density at radius 3 is 2.42 bits per heavy atom. The van der Waals surface area contributed by atoms with Gasteiger partial charge in [-0.15, -0.1) is 0 Å². The SMILES string of the molecule is CCNC(=NCC1CN2CCN1CC2)N1CCN(Cc2cc(OC)ccc2OC)CC1. The fourth-order valence-electron chi connectivity index (χ4n) is 4.88. The molecule has 4 aliphatic heterocycles. The Kier molecular flexibility index (Phi) is 7.53. The van der Waals surface area contributed by atoms with Gasteiger partial charge < -0.3 is 19.7 Å². The highest BCUT2D eigenvalue weighted by Crippen LogP contribution is 2.25. The van der Waals surface area contributed by atoms with E-state index in [1.807, 2.05) is 12.1 Å². The molecule has 4 fully saturated rings. The molecule has 0 amide bonds. The predicted molar refractivity (Wildman–Crippen MR) is 124 cm³/mol. The van der Waals surface area contributed by atoms with E-state index in [1.54, 1.807) is 14.2 Å². The molecule has 0 radical (unpaired) electrons. The van der Waals surface area contributed by atoms with Crippen LogP contribution in [0.1, 0.15) is 12.5 Å². The molecule has 2 bridgehead atoms. The lowest BCUT2D eigenvalue weighted by Crippen LogP contribution is -2.62. The maximum absolute atomic E-state index is 5.56. The van der Waals surface area contributed by atoms with Crippen molar-refractivity contribution in [2.45, 2.75) is 19.5 Å². The van der Waals surface area contributed by atoms with Crippen molar-refractivity contribution in [3.8, 4) is 11.5 Å². The molecule has 1 unspecified atom stereocenters. The Hall–Kier alpha value is -2.03. The van der Waals surface area contributed by atoms with Crippen LogP contribution >= 0.6 is 0 Å². The number of hydrogen-bond acceptors (Lipinski definition) is 6. The van der Waals surface area contributed by atoms with Crippen molar-refractivity contribution in [2.24, 2.45) is 4.99 Å². The maximum Gasteiger partial charge on any atom is 0.194 e. The fraction of sp³-hybridized carbons (Fsp3) is 0.696. The minimum Gasteiger partial charge on any atom is -0.497 e. The van der Waals surface area contributed by atoms with E-state index < -0.39 is 0 Å². The molecular weight excluding hydrogens is 392 g/mol. The summed E-state index contributed by atoms with van der Waals surface area (Å²) in [4.78, 5) is 15.1. The van der Waals surface area contributed by atoms with Gasteiger partial charge in [-0.2, -0.15) is 0 Å². The highest BCUT2D eigenvalue weighted by Gasteiger charge is 2.31. The standard InChI is InChI=1S/C23H38N6O2/c1-4-24-23(25-16-20-18-27-7-11-28(20)12-8-27)29-13-9-26(10-14-29)17-19-15-21(30-2)5-6-22(19)31-3/h5-6,15,20H,4,7-14,16-18H2,1-3H3,(H,24,25). The molecule has 4 saturated heterocycles. The van der Waals surface area contributed by atoms with Gasteiger partial charge in [0.25, 0.3) is 0 Å². The number of nitrogens with zero attached hydrogens (tertiary/aromatic N) is 5. The average molecular weight is 431 g/mol. The normalized spacial score (nSPS) is 26.7. The third-order valence-electron chi connectivity index (χ3n) is 6.73. The number of fused-ring (bicyclic) bond motifs is 3. The summed E-state index contributed by atoms with van der Waals surface area (Å²) in [5.41, 5.74) is 1.17. The zero-order chi connectivity index (χ0) is 21.6. The third-order valence-corrected chi connectivity index (χ3v) is 6.73. The molecule has 0 spiro atoms. The molecule has 4 heterocycles. The molecule has 1 atom stereocenters. The lowest BCUT2D eigenvalue weighted by Gasteiger charge is -2.47. The summed E-state index contributed by atoms with van der Waals surface area (Å²) in [5, 5.41) is 3.52. The Morgan fingerprint density at radius 1 is 1.03 bits per heavy atom. The van der Waals surface area contributed by atoms with Crippen molar-refractivity contribution in [1.82, 2.24) is 24.9 Å². The number of ether oxygens (including phenoxy) is 2. The Balaban J connectivity index is 1.33. The van der Waals surface area contributed by atoms with Crippen LogP contribution in [0.5, 0.6) is 11.5 Å². The van der Waals surface area contributed by atoms with Crippen molar-refractivity contribution in [1.29, 1.82) is 0 Å². The minimum atomic E-state index is 0.568. The molecule has 0 aromatic heterocycles. The minimum absolute atomic E-state index is 0.568. The summed E-state index contributed by atoms with van der Waals surface area (Å²) in [7, 11) is 3.44. The number of rotatable bonds is 7. The number of piperazine rings is 4. The van der Waals surface area contributed by atoms with Gasteiger partial charge in [-0.05, 0) is 25.1 Å². The Labute approximate surface area is 186 Å². The van der Waals surface area contributed by atoms with Crippen molar-refractivity contribution in [3.63, 3.8) is 0 Å². The molecule has 0 aliphatic carbocycles. The summed E-state index contributed by atoms with van der Waals surface area (Å²) in [6.45, 7) is 14.8. The van der Waals surface area contributed by atoms with Gasteiger partial charge in [-0.25, -0.2) is 0 Å². The summed E-state index contributed by atoms with van der Waals surface area (Å²) < 4.78 is 11.0. The topological polar surface area (TPSA) is 55.8 Å². The number of nitrogens with one attached hydrogen (secondary N) is 1. The summed E-state index contributed by atoms with van der Waals surface area (Å²) in [6.07, 6.45) is 0. The van der Waals surface area contributed by atoms with Crippen LogP contribution in [0.15, 0.2) is 23.2 Å². The lowest BCUT2D eigenvalue weighted by atomic mass is 10.1. The van der Waals surface area contributed by atoms with Gasteiger partial charge in [-0.1, -0.05) is 0 Å². The number of guanidine groups is 1. The van der Waals surface area contributed by atoms with Crippen LogP contribution in [0.3, 0.4) is 0 Å². The monoisotopic (exact) mass is 430 g/mol. The second-order valence-corrected chi connectivity index (χ2v) is 8.63. The molecule has 5 rings (SSSR count). The number of hydrogen-bond donors (Lipinski definition) is 1. The van der Waals surface area contributed by atoms with Gasteiger partial charge >= 0.3 is 0 Å². The first-order valence-electron chi connectivity index (χ1n) is 11.6. The van der Waals surface area contributed by atoms with Crippen molar-refractivity contribution < 1.29 is 9.47 Å². The van der Waals surface area contributed by atoms with Gasteiger partial charge in [0, 0.05) is 83.6 Å². The number of benzene rings is 1. The maximum atomic E-state index is 5.56. The summed E-state index contributed by atoms with van der Waals surface area (Å²) in [6, 6.07) is 6.59. The van der Waals surface area contributed by atoms with Crippen LogP contribution in [-0.2, 0) is 6.54 Å². The third kappa shape index (κ3) is 5.42. The first kappa shape index (κ1) is 22.2. The second kappa shape index (κ2) is 10.5. The highest BCUT2D eigenvalue weighted by molar-refractivity contribution is 5.80. The molecule has 1 N–H and O–H groups in total. The summed E-state index contributed by atoms with van der Waals surface area (Å²) >= 11 is 0. The van der Waals surface area contributed by atoms with Crippen molar-refractivity contribution >= 4 is 5.96 Å². The van der Waals surface area contributed by atoms with Crippen LogP contribution in [0.25, 0.3) is 0 Å². The van der Waals surface area contributed by atoms with Crippen molar-refractivity contribution in [2.75, 3.05) is 86.2 Å². The van der Waals surface area contributed by atoms with Gasteiger partial charge in [0.2, 0.25) is 0 Å². The molecule has 31 heavy (non-hydrogen) atoms. The molecule has 0 saturated carbocycles. The van der Waals surface area contributed by atoms with E-state index in [4.69, 9.17) is 14.5 Å². The zero-order valence-electron chi connectivity index (χ0n) is 19.3. The number of methoxy groups -OCH3 is 2. The first-order chi connectivity index (χ1) is 15.2. The van der Waals surface area contributed by atoms with E-state index in [9.17, 15) is 0 Å². The van der Waals surface area contributed by atoms with E-state index >= 15 is 0 Å². The fourth-order valence-corrected chi connectivity index (χ4v) is 4.88. The largest absolute Gasteiger partial charge is 0.497 e. The van der Waals surface area contributed by atoms with Crippen LogP contribution in [0, 0.1) is 0 Å². The number of aliphatic imine (C=N–C) groups is 1. The van der Waals surface area contributed by atoms with Gasteiger partial charge in [0.15, 0.2) is 5.96 Å². The van der Waals surface area contributed by atoms with E-state index in [-0.39, 0.29) is 0 Å². The van der Waals surface area contributed by atoms with E-state index in [1.165, 1.54) is 38.3 Å². The van der Waals surface area contributed by atoms with Gasteiger partial charge in [0.05, 0.1) is 20.8 Å². The van der Waals surface area contributed by atoms with Crippen LogP contribution in [0.2, 0.25) is 0 Å². The first-order valence-corrected chi connectivity index (χ1v) is 11.6. The van der Waals surface area contributed by atoms with Crippen LogP contribution in [0.4, 0.5) is 0 Å². The Bertz CT molecular complexity index is 742. The molecule has 172 valence electrons. The second-order valence-electron chi connectivity index (χ2n) is 8.63. The quantitative estimate of drug-likeness (QED) is 0.507. The van der Waals surface area contributed by atoms with E-state index in [0.717, 1.165) is 63.3 Å². The van der Waals surface area contributed by atoms with E-state index in [0.29, 0.717) is 6.04 Å². The van der Waals surface area contributed by atoms with E-state index in [2.05, 4.69) is 37.9 Å². The lowest BCUT2D eigenvalue weighted by molar-refractivity contribution is 0.0173. The van der Waals surface area contributed by atoms with Crippen molar-refractivity contribution in [3.05, 3.63) is 23.8 Å². The van der Waals surface area contributed by atoms with Gasteiger partial charge in [-0.3, -0.25) is 19.7 Å². The summed E-state index contributed by atoms with van der Waals surface area (Å²) in [5.74, 6) is 2.86.